The molecule has 2 N–H and O–H groups in total. The minimum absolute atomic E-state index is 0.267. The largest absolute Gasteiger partial charge is 0.387 e. The van der Waals surface area contributed by atoms with Gasteiger partial charge in [0.2, 0.25) is 0 Å². The van der Waals surface area contributed by atoms with Crippen LogP contribution in [-0.4, -0.2) is 18.2 Å². The second kappa shape index (κ2) is 5.61. The van der Waals surface area contributed by atoms with Crippen molar-refractivity contribution in [1.29, 1.82) is 0 Å². The van der Waals surface area contributed by atoms with Gasteiger partial charge in [0.05, 0.1) is 6.10 Å². The maximum absolute atomic E-state index is 12.7. The second-order valence-electron chi connectivity index (χ2n) is 5.04. The van der Waals surface area contributed by atoms with Gasteiger partial charge >= 0.3 is 0 Å². The first-order valence-corrected chi connectivity index (χ1v) is 6.31. The Kier molecular flexibility index (Phi) is 4.13. The van der Waals surface area contributed by atoms with Gasteiger partial charge in [-0.25, -0.2) is 4.39 Å². The summed E-state index contributed by atoms with van der Waals surface area (Å²) < 4.78 is 12.7. The van der Waals surface area contributed by atoms with Gasteiger partial charge in [-0.3, -0.25) is 0 Å². The third kappa shape index (κ3) is 3.79. The van der Waals surface area contributed by atoms with Crippen molar-refractivity contribution in [3.8, 4) is 0 Å². The molecule has 1 aliphatic carbocycles. The van der Waals surface area contributed by atoms with Crippen molar-refractivity contribution in [1.82, 2.24) is 5.32 Å². The molecule has 1 saturated carbocycles. The van der Waals surface area contributed by atoms with Crippen molar-refractivity contribution in [2.75, 3.05) is 13.1 Å². The molecule has 1 aliphatic rings. The highest BCUT2D eigenvalue weighted by molar-refractivity contribution is 5.18. The zero-order chi connectivity index (χ0) is 12.3. The van der Waals surface area contributed by atoms with E-state index in [1.165, 1.54) is 25.0 Å². The molecular formula is C14H20FNO. The van der Waals surface area contributed by atoms with Crippen LogP contribution in [0.1, 0.15) is 31.4 Å². The third-order valence-corrected chi connectivity index (χ3v) is 3.49. The Labute approximate surface area is 102 Å². The summed E-state index contributed by atoms with van der Waals surface area (Å²) >= 11 is 0. The van der Waals surface area contributed by atoms with Gasteiger partial charge in [-0.2, -0.15) is 0 Å². The fourth-order valence-corrected chi connectivity index (χ4v) is 2.08. The van der Waals surface area contributed by atoms with E-state index in [0.717, 1.165) is 18.0 Å². The predicted molar refractivity (Wildman–Crippen MR) is 66.1 cm³/mol. The molecular weight excluding hydrogens is 217 g/mol. The highest BCUT2D eigenvalue weighted by Gasteiger charge is 2.27. The van der Waals surface area contributed by atoms with Crippen LogP contribution in [0.2, 0.25) is 0 Å². The molecule has 94 valence electrons. The average molecular weight is 237 g/mol. The molecule has 1 fully saturated rings. The minimum atomic E-state index is -0.554. The summed E-state index contributed by atoms with van der Waals surface area (Å²) in [6.45, 7) is 3.72. The normalized spacial score (nSPS) is 19.0. The van der Waals surface area contributed by atoms with Gasteiger partial charge in [-0.15, -0.1) is 0 Å². The standard InChI is InChI=1S/C14H20FNO/c1-10(11-2-3-11)8-16-9-14(17)12-4-6-13(15)7-5-12/h4-7,10-11,14,16-17H,2-3,8-9H2,1H3. The van der Waals surface area contributed by atoms with Crippen molar-refractivity contribution in [3.63, 3.8) is 0 Å². The smallest absolute Gasteiger partial charge is 0.123 e. The number of nitrogens with one attached hydrogen (secondary N) is 1. The number of aliphatic hydroxyl groups excluding tert-OH is 1. The number of benzene rings is 1. The van der Waals surface area contributed by atoms with E-state index in [-0.39, 0.29) is 5.82 Å². The molecule has 2 unspecified atom stereocenters. The molecule has 0 amide bonds. The van der Waals surface area contributed by atoms with Gasteiger partial charge in [0.15, 0.2) is 0 Å². The quantitative estimate of drug-likeness (QED) is 0.796. The molecule has 3 heteroatoms. The van der Waals surface area contributed by atoms with Gasteiger partial charge in [0, 0.05) is 6.54 Å². The Balaban J connectivity index is 1.72. The molecule has 0 heterocycles. The molecule has 1 aromatic carbocycles. The number of hydrogen-bond acceptors (Lipinski definition) is 2. The van der Waals surface area contributed by atoms with E-state index < -0.39 is 6.10 Å². The topological polar surface area (TPSA) is 32.3 Å². The maximum atomic E-state index is 12.7. The molecule has 1 aromatic rings. The molecule has 17 heavy (non-hydrogen) atoms. The number of hydrogen-bond donors (Lipinski definition) is 2. The molecule has 0 aliphatic heterocycles. The lowest BCUT2D eigenvalue weighted by molar-refractivity contribution is 0.172. The number of rotatable bonds is 6. The monoisotopic (exact) mass is 237 g/mol. The second-order valence-corrected chi connectivity index (χ2v) is 5.04. The minimum Gasteiger partial charge on any atom is -0.387 e. The molecule has 0 spiro atoms. The summed E-state index contributed by atoms with van der Waals surface area (Å²) in [6, 6.07) is 6.02. The Hall–Kier alpha value is -0.930. The lowest BCUT2D eigenvalue weighted by atomic mass is 10.1. The molecule has 2 nitrogen and oxygen atoms in total. The zero-order valence-corrected chi connectivity index (χ0v) is 10.2. The van der Waals surface area contributed by atoms with E-state index >= 15 is 0 Å². The van der Waals surface area contributed by atoms with Crippen LogP contribution in [0, 0.1) is 17.7 Å². The highest BCUT2D eigenvalue weighted by atomic mass is 19.1. The van der Waals surface area contributed by atoms with Crippen LogP contribution < -0.4 is 5.32 Å². The summed E-state index contributed by atoms with van der Waals surface area (Å²) in [6.07, 6.45) is 2.15. The zero-order valence-electron chi connectivity index (χ0n) is 10.2. The summed E-state index contributed by atoms with van der Waals surface area (Å²) in [5.74, 6) is 1.30. The summed E-state index contributed by atoms with van der Waals surface area (Å²) in [5.41, 5.74) is 0.762. The van der Waals surface area contributed by atoms with E-state index in [1.807, 2.05) is 0 Å². The van der Waals surface area contributed by atoms with E-state index in [4.69, 9.17) is 0 Å². The molecule has 0 bridgehead atoms. The molecule has 0 aromatic heterocycles. The van der Waals surface area contributed by atoms with Gasteiger partial charge in [0.25, 0.3) is 0 Å². The Morgan fingerprint density at radius 1 is 1.29 bits per heavy atom. The summed E-state index contributed by atoms with van der Waals surface area (Å²) in [7, 11) is 0. The Morgan fingerprint density at radius 3 is 2.53 bits per heavy atom. The highest BCUT2D eigenvalue weighted by Crippen LogP contribution is 2.36. The maximum Gasteiger partial charge on any atom is 0.123 e. The van der Waals surface area contributed by atoms with Crippen LogP contribution >= 0.6 is 0 Å². The SMILES string of the molecule is CC(CNCC(O)c1ccc(F)cc1)C1CC1. The lowest BCUT2D eigenvalue weighted by Gasteiger charge is -2.15. The first-order valence-electron chi connectivity index (χ1n) is 6.31. The number of aliphatic hydroxyl groups is 1. The van der Waals surface area contributed by atoms with Gasteiger partial charge in [-0.1, -0.05) is 19.1 Å². The van der Waals surface area contributed by atoms with E-state index in [9.17, 15) is 9.50 Å². The Morgan fingerprint density at radius 2 is 1.94 bits per heavy atom. The van der Waals surface area contributed by atoms with Gasteiger partial charge in [0.1, 0.15) is 5.82 Å². The van der Waals surface area contributed by atoms with E-state index in [1.54, 1.807) is 12.1 Å². The van der Waals surface area contributed by atoms with Crippen molar-refractivity contribution >= 4 is 0 Å². The third-order valence-electron chi connectivity index (χ3n) is 3.49. The van der Waals surface area contributed by atoms with Crippen LogP contribution in [0.5, 0.6) is 0 Å². The predicted octanol–water partition coefficient (Wildman–Crippen LogP) is 2.49. The van der Waals surface area contributed by atoms with E-state index in [0.29, 0.717) is 12.5 Å². The summed E-state index contributed by atoms with van der Waals surface area (Å²) in [5, 5.41) is 13.2. The molecule has 0 saturated heterocycles. The van der Waals surface area contributed by atoms with Crippen molar-refractivity contribution in [3.05, 3.63) is 35.6 Å². The van der Waals surface area contributed by atoms with Crippen molar-refractivity contribution < 1.29 is 9.50 Å². The number of halogens is 1. The Bertz CT molecular complexity index is 348. The molecule has 0 radical (unpaired) electrons. The van der Waals surface area contributed by atoms with Crippen LogP contribution in [0.4, 0.5) is 4.39 Å². The first-order chi connectivity index (χ1) is 8.16. The first kappa shape index (κ1) is 12.5. The average Bonchev–Trinajstić information content (AvgIpc) is 3.13. The fraction of sp³-hybridized carbons (Fsp3) is 0.571. The van der Waals surface area contributed by atoms with Crippen molar-refractivity contribution in [2.45, 2.75) is 25.9 Å². The van der Waals surface area contributed by atoms with E-state index in [2.05, 4.69) is 12.2 Å². The van der Waals surface area contributed by atoms with Crippen molar-refractivity contribution in [2.24, 2.45) is 11.8 Å². The summed E-state index contributed by atoms with van der Waals surface area (Å²) in [4.78, 5) is 0. The van der Waals surface area contributed by atoms with Gasteiger partial charge in [-0.05, 0) is 48.9 Å². The van der Waals surface area contributed by atoms with Gasteiger partial charge < -0.3 is 10.4 Å². The van der Waals surface area contributed by atoms with Crippen LogP contribution in [0.25, 0.3) is 0 Å². The van der Waals surface area contributed by atoms with Crippen LogP contribution in [-0.2, 0) is 0 Å². The molecule has 2 rings (SSSR count). The fourth-order valence-electron chi connectivity index (χ4n) is 2.08. The lowest BCUT2D eigenvalue weighted by Crippen LogP contribution is -2.27. The van der Waals surface area contributed by atoms with Crippen LogP contribution in [0.15, 0.2) is 24.3 Å². The van der Waals surface area contributed by atoms with Crippen LogP contribution in [0.3, 0.4) is 0 Å². The molecule has 2 atom stereocenters.